The summed E-state index contributed by atoms with van der Waals surface area (Å²) in [4.78, 5) is 0. The third kappa shape index (κ3) is 1.06. The van der Waals surface area contributed by atoms with Gasteiger partial charge in [0.25, 0.3) is 0 Å². The Labute approximate surface area is 75.6 Å². The predicted molar refractivity (Wildman–Crippen MR) is 50.5 cm³/mol. The molecule has 0 spiro atoms. The Morgan fingerprint density at radius 1 is 1.50 bits per heavy atom. The third-order valence-electron chi connectivity index (χ3n) is 1.84. The molecule has 0 fully saturated rings. The maximum atomic E-state index is 5.97. The summed E-state index contributed by atoms with van der Waals surface area (Å²) in [6.07, 6.45) is 0. The van der Waals surface area contributed by atoms with Gasteiger partial charge in [0.15, 0.2) is 0 Å². The number of benzene rings is 1. The van der Waals surface area contributed by atoms with Crippen LogP contribution in [0.15, 0.2) is 22.5 Å². The molecule has 2 N–H and O–H groups in total. The fraction of sp³-hybridized carbons (Fsp3) is 0.125. The molecule has 1 aromatic carbocycles. The van der Waals surface area contributed by atoms with Gasteiger partial charge < -0.3 is 0 Å². The van der Waals surface area contributed by atoms with E-state index in [1.54, 1.807) is 7.13 Å². The standard InChI is InChI=1S/C8H7BClNO/c10-6-2-1-3-7-8(6)5(4-11)9-12-7/h1-3H,4,11H2. The van der Waals surface area contributed by atoms with Gasteiger partial charge in [0.2, 0.25) is 0 Å². The number of fused-ring (bicyclic) bond motifs is 1. The first-order valence-corrected chi connectivity index (χ1v) is 4.05. The van der Waals surface area contributed by atoms with E-state index < -0.39 is 0 Å². The van der Waals surface area contributed by atoms with Crippen LogP contribution in [0.2, 0.25) is 5.02 Å². The average molecular weight is 179 g/mol. The van der Waals surface area contributed by atoms with Crippen molar-refractivity contribution in [3.8, 4) is 0 Å². The van der Waals surface area contributed by atoms with E-state index in [-0.39, 0.29) is 0 Å². The van der Waals surface area contributed by atoms with Crippen molar-refractivity contribution < 1.29 is 4.33 Å². The monoisotopic (exact) mass is 179 g/mol. The van der Waals surface area contributed by atoms with Crippen LogP contribution in [0.5, 0.6) is 0 Å². The Balaban J connectivity index is 2.83. The second kappa shape index (κ2) is 2.92. The van der Waals surface area contributed by atoms with Gasteiger partial charge in [-0.1, -0.05) is 0 Å². The van der Waals surface area contributed by atoms with Gasteiger partial charge in [-0.3, -0.25) is 0 Å². The molecule has 0 aliphatic rings. The van der Waals surface area contributed by atoms with Crippen molar-refractivity contribution in [3.05, 3.63) is 28.7 Å². The van der Waals surface area contributed by atoms with Gasteiger partial charge in [-0.05, 0) is 0 Å². The number of halogens is 1. The molecular weight excluding hydrogens is 172 g/mol. The third-order valence-corrected chi connectivity index (χ3v) is 2.16. The minimum absolute atomic E-state index is 0.455. The van der Waals surface area contributed by atoms with E-state index in [2.05, 4.69) is 0 Å². The summed E-state index contributed by atoms with van der Waals surface area (Å²) in [7, 11) is 1.65. The van der Waals surface area contributed by atoms with Crippen LogP contribution in [0.25, 0.3) is 11.0 Å². The van der Waals surface area contributed by atoms with E-state index in [0.29, 0.717) is 11.6 Å². The average Bonchev–Trinajstić information content (AvgIpc) is 2.49. The Bertz CT molecular complexity index is 412. The van der Waals surface area contributed by atoms with Crippen molar-refractivity contribution in [1.29, 1.82) is 0 Å². The Kier molecular flexibility index (Phi) is 1.91. The van der Waals surface area contributed by atoms with Crippen molar-refractivity contribution in [2.75, 3.05) is 0 Å². The van der Waals surface area contributed by atoms with Crippen LogP contribution in [-0.2, 0) is 6.54 Å². The van der Waals surface area contributed by atoms with Gasteiger partial charge in [0, 0.05) is 0 Å². The zero-order chi connectivity index (χ0) is 8.55. The van der Waals surface area contributed by atoms with Crippen molar-refractivity contribution in [3.63, 3.8) is 0 Å². The summed E-state index contributed by atoms with van der Waals surface area (Å²) in [5.41, 5.74) is 7.26. The van der Waals surface area contributed by atoms with E-state index in [4.69, 9.17) is 21.7 Å². The zero-order valence-electron chi connectivity index (χ0n) is 6.38. The van der Waals surface area contributed by atoms with Gasteiger partial charge in [-0.25, -0.2) is 0 Å². The van der Waals surface area contributed by atoms with Crippen LogP contribution in [0.1, 0.15) is 5.46 Å². The quantitative estimate of drug-likeness (QED) is 0.726. The Hall–Kier alpha value is -0.795. The topological polar surface area (TPSA) is 39.2 Å². The number of rotatable bonds is 1. The molecule has 0 saturated carbocycles. The zero-order valence-corrected chi connectivity index (χ0v) is 7.14. The summed E-state index contributed by atoms with van der Waals surface area (Å²) in [6, 6.07) is 5.56. The van der Waals surface area contributed by atoms with Crippen LogP contribution in [-0.4, -0.2) is 7.13 Å². The van der Waals surface area contributed by atoms with Crippen molar-refractivity contribution in [2.45, 2.75) is 6.54 Å². The summed E-state index contributed by atoms with van der Waals surface area (Å²) in [5.74, 6) is 0. The molecule has 1 aromatic heterocycles. The maximum absolute atomic E-state index is 5.97. The Morgan fingerprint density at radius 3 is 3.08 bits per heavy atom. The molecule has 1 heterocycles. The van der Waals surface area contributed by atoms with E-state index in [1.807, 2.05) is 18.2 Å². The number of nitrogens with two attached hydrogens (primary N) is 1. The minimum atomic E-state index is 0.455. The molecule has 60 valence electrons. The molecule has 2 nitrogen and oxygen atoms in total. The molecule has 0 amide bonds. The number of hydrogen-bond donors (Lipinski definition) is 1. The van der Waals surface area contributed by atoms with Crippen molar-refractivity contribution in [1.82, 2.24) is 0 Å². The molecule has 4 heteroatoms. The number of hydrogen-bond acceptors (Lipinski definition) is 2. The summed E-state index contributed by atoms with van der Waals surface area (Å²) < 4.78 is 5.26. The molecule has 0 radical (unpaired) electrons. The molecule has 0 unspecified atom stereocenters. The van der Waals surface area contributed by atoms with E-state index in [1.165, 1.54) is 0 Å². The molecule has 0 saturated heterocycles. The fourth-order valence-electron chi connectivity index (χ4n) is 1.26. The first-order chi connectivity index (χ1) is 5.83. The van der Waals surface area contributed by atoms with Gasteiger partial charge in [0.1, 0.15) is 0 Å². The van der Waals surface area contributed by atoms with Gasteiger partial charge >= 0.3 is 75.0 Å². The molecule has 2 aromatic rings. The van der Waals surface area contributed by atoms with Gasteiger partial charge in [-0.2, -0.15) is 0 Å². The van der Waals surface area contributed by atoms with E-state index >= 15 is 0 Å². The van der Waals surface area contributed by atoms with Crippen molar-refractivity contribution >= 4 is 29.7 Å². The molecular formula is C8H7BClNO. The van der Waals surface area contributed by atoms with E-state index in [0.717, 1.165) is 16.4 Å². The summed E-state index contributed by atoms with van der Waals surface area (Å²) >= 11 is 5.97. The molecule has 0 aliphatic carbocycles. The fourth-order valence-corrected chi connectivity index (χ4v) is 1.55. The van der Waals surface area contributed by atoms with Crippen LogP contribution in [0, 0.1) is 0 Å². The van der Waals surface area contributed by atoms with Crippen LogP contribution < -0.4 is 5.73 Å². The molecule has 0 bridgehead atoms. The summed E-state index contributed by atoms with van der Waals surface area (Å²) in [5, 5.41) is 1.63. The van der Waals surface area contributed by atoms with Crippen LogP contribution >= 0.6 is 11.6 Å². The van der Waals surface area contributed by atoms with Crippen LogP contribution in [0.3, 0.4) is 0 Å². The molecule has 2 rings (SSSR count). The van der Waals surface area contributed by atoms with E-state index in [9.17, 15) is 0 Å². The first kappa shape index (κ1) is 7.83. The molecule has 12 heavy (non-hydrogen) atoms. The van der Waals surface area contributed by atoms with Crippen LogP contribution in [0.4, 0.5) is 0 Å². The van der Waals surface area contributed by atoms with Gasteiger partial charge in [-0.15, -0.1) is 0 Å². The van der Waals surface area contributed by atoms with Crippen molar-refractivity contribution in [2.24, 2.45) is 5.73 Å². The summed E-state index contributed by atoms with van der Waals surface area (Å²) in [6.45, 7) is 0.455. The predicted octanol–water partition coefficient (Wildman–Crippen LogP) is 1.88. The second-order valence-corrected chi connectivity index (χ2v) is 2.99. The van der Waals surface area contributed by atoms with Gasteiger partial charge in [0.05, 0.1) is 0 Å². The first-order valence-electron chi connectivity index (χ1n) is 3.67. The normalized spacial score (nSPS) is 10.5. The Morgan fingerprint density at radius 2 is 2.33 bits per heavy atom. The second-order valence-electron chi connectivity index (χ2n) is 2.58. The molecule has 0 atom stereocenters. The molecule has 0 aliphatic heterocycles. The SMILES string of the molecule is NCc1boc2cccc(Cl)c12.